The van der Waals surface area contributed by atoms with Gasteiger partial charge in [0.05, 0.1) is 0 Å². The van der Waals surface area contributed by atoms with Crippen molar-refractivity contribution in [2.24, 2.45) is 0 Å². The molecule has 2 N–H and O–H groups in total. The number of nitrogens with zero attached hydrogens (tertiary/aromatic N) is 2. The maximum Gasteiger partial charge on any atom is 0.322 e. The van der Waals surface area contributed by atoms with E-state index in [1.54, 1.807) is 71.8 Å². The van der Waals surface area contributed by atoms with Gasteiger partial charge < -0.3 is 15.5 Å². The normalized spacial score (nSPS) is 14.6. The standard InChI is InChI=1S/C28H23ClN4O3/c29-21-8-10-23(11-9-21)31-28(36)33-18-20-6-2-1-5-19(20)17-25(33)27(35)30-22-12-14-24(15-13-22)32-16-4-3-7-26(32)34/h1-16,25H,17-18H2,(H,30,35)(H,31,36)/t25-/m0/s1. The molecule has 0 radical (unpaired) electrons. The number of aromatic nitrogens is 1. The van der Waals surface area contributed by atoms with E-state index in [0.29, 0.717) is 35.1 Å². The van der Waals surface area contributed by atoms with Crippen molar-refractivity contribution >= 4 is 34.9 Å². The molecule has 0 saturated carbocycles. The summed E-state index contributed by atoms with van der Waals surface area (Å²) in [6, 6.07) is 25.5. The molecule has 8 heteroatoms. The van der Waals surface area contributed by atoms with E-state index in [1.807, 2.05) is 24.3 Å². The number of urea groups is 1. The molecule has 0 fully saturated rings. The van der Waals surface area contributed by atoms with Crippen molar-refractivity contribution < 1.29 is 9.59 Å². The second-order valence-corrected chi connectivity index (χ2v) is 8.94. The van der Waals surface area contributed by atoms with Crippen LogP contribution in [-0.4, -0.2) is 27.4 Å². The molecule has 2 heterocycles. The molecular formula is C28H23ClN4O3. The summed E-state index contributed by atoms with van der Waals surface area (Å²) < 4.78 is 1.52. The van der Waals surface area contributed by atoms with Gasteiger partial charge in [0, 0.05) is 47.3 Å². The van der Waals surface area contributed by atoms with E-state index in [2.05, 4.69) is 10.6 Å². The minimum atomic E-state index is -0.705. The van der Waals surface area contributed by atoms with E-state index in [4.69, 9.17) is 11.6 Å². The van der Waals surface area contributed by atoms with Gasteiger partial charge in [-0.25, -0.2) is 4.79 Å². The van der Waals surface area contributed by atoms with Gasteiger partial charge in [-0.3, -0.25) is 14.2 Å². The van der Waals surface area contributed by atoms with Gasteiger partial charge in [0.1, 0.15) is 6.04 Å². The maximum absolute atomic E-state index is 13.4. The summed E-state index contributed by atoms with van der Waals surface area (Å²) in [4.78, 5) is 40.3. The number of carbonyl (C=O) groups is 2. The predicted octanol–water partition coefficient (Wildman–Crippen LogP) is 5.09. The van der Waals surface area contributed by atoms with Crippen LogP contribution >= 0.6 is 11.6 Å². The molecule has 7 nitrogen and oxygen atoms in total. The zero-order valence-corrected chi connectivity index (χ0v) is 20.0. The van der Waals surface area contributed by atoms with Crippen molar-refractivity contribution in [2.75, 3.05) is 10.6 Å². The summed E-state index contributed by atoms with van der Waals surface area (Å²) in [6.07, 6.45) is 2.08. The minimum Gasteiger partial charge on any atom is -0.324 e. The van der Waals surface area contributed by atoms with Gasteiger partial charge in [-0.15, -0.1) is 0 Å². The van der Waals surface area contributed by atoms with Crippen LogP contribution < -0.4 is 16.2 Å². The minimum absolute atomic E-state index is 0.141. The second kappa shape index (κ2) is 10.1. The first-order valence-corrected chi connectivity index (χ1v) is 11.8. The molecule has 180 valence electrons. The highest BCUT2D eigenvalue weighted by Gasteiger charge is 2.34. The molecule has 0 saturated heterocycles. The third-order valence-corrected chi connectivity index (χ3v) is 6.40. The quantitative estimate of drug-likeness (QED) is 0.411. The van der Waals surface area contributed by atoms with E-state index in [0.717, 1.165) is 11.1 Å². The number of benzene rings is 3. The monoisotopic (exact) mass is 498 g/mol. The van der Waals surface area contributed by atoms with E-state index >= 15 is 0 Å². The molecule has 4 aromatic rings. The van der Waals surface area contributed by atoms with Gasteiger partial charge >= 0.3 is 6.03 Å². The highest BCUT2D eigenvalue weighted by Crippen LogP contribution is 2.26. The van der Waals surface area contributed by atoms with E-state index < -0.39 is 6.04 Å². The van der Waals surface area contributed by atoms with Crippen molar-refractivity contribution in [3.8, 4) is 5.69 Å². The van der Waals surface area contributed by atoms with E-state index in [-0.39, 0.29) is 17.5 Å². The molecule has 36 heavy (non-hydrogen) atoms. The number of carbonyl (C=O) groups excluding carboxylic acids is 2. The summed E-state index contributed by atoms with van der Waals surface area (Å²) >= 11 is 5.95. The Morgan fingerprint density at radius 1 is 0.778 bits per heavy atom. The van der Waals surface area contributed by atoms with Crippen LogP contribution in [0, 0.1) is 0 Å². The molecule has 1 atom stereocenters. The van der Waals surface area contributed by atoms with Crippen LogP contribution in [0.25, 0.3) is 5.69 Å². The first-order valence-electron chi connectivity index (χ1n) is 11.5. The first-order chi connectivity index (χ1) is 17.5. The molecule has 1 aromatic heterocycles. The van der Waals surface area contributed by atoms with Crippen LogP contribution in [0.1, 0.15) is 11.1 Å². The van der Waals surface area contributed by atoms with E-state index in [1.165, 1.54) is 10.6 Å². The molecule has 0 spiro atoms. The number of hydrogen-bond acceptors (Lipinski definition) is 3. The van der Waals surface area contributed by atoms with Gasteiger partial charge in [0.25, 0.3) is 5.56 Å². The summed E-state index contributed by atoms with van der Waals surface area (Å²) in [5, 5.41) is 6.36. The molecule has 0 aliphatic carbocycles. The Morgan fingerprint density at radius 2 is 1.42 bits per heavy atom. The molecule has 1 aliphatic rings. The van der Waals surface area contributed by atoms with Gasteiger partial charge in [-0.1, -0.05) is 41.9 Å². The van der Waals surface area contributed by atoms with Gasteiger partial charge in [0.15, 0.2) is 0 Å². The fraction of sp³-hybridized carbons (Fsp3) is 0.107. The summed E-state index contributed by atoms with van der Waals surface area (Å²) in [5.74, 6) is -0.291. The second-order valence-electron chi connectivity index (χ2n) is 8.50. The number of amides is 3. The number of nitrogens with one attached hydrogen (secondary N) is 2. The van der Waals surface area contributed by atoms with Crippen molar-refractivity contribution in [1.29, 1.82) is 0 Å². The van der Waals surface area contributed by atoms with Crippen LogP contribution in [0.15, 0.2) is 102 Å². The summed E-state index contributed by atoms with van der Waals surface area (Å²) in [7, 11) is 0. The lowest BCUT2D eigenvalue weighted by molar-refractivity contribution is -0.120. The van der Waals surface area contributed by atoms with E-state index in [9.17, 15) is 14.4 Å². The molecule has 3 aromatic carbocycles. The van der Waals surface area contributed by atoms with Crippen molar-refractivity contribution in [3.05, 3.63) is 124 Å². The third kappa shape index (κ3) is 5.01. The Hall–Kier alpha value is -4.36. The summed E-state index contributed by atoms with van der Waals surface area (Å²) in [6.45, 7) is 0.309. The molecule has 0 unspecified atom stereocenters. The average molecular weight is 499 g/mol. The number of anilines is 2. The highest BCUT2D eigenvalue weighted by molar-refractivity contribution is 6.30. The number of hydrogen-bond donors (Lipinski definition) is 2. The van der Waals surface area contributed by atoms with Crippen LogP contribution in [0.5, 0.6) is 0 Å². The number of fused-ring (bicyclic) bond motifs is 1. The Morgan fingerprint density at radius 3 is 2.14 bits per heavy atom. The molecule has 1 aliphatic heterocycles. The maximum atomic E-state index is 13.4. The van der Waals surface area contributed by atoms with Crippen molar-refractivity contribution in [1.82, 2.24) is 9.47 Å². The SMILES string of the molecule is O=C(Nc1ccc(-n2ccccc2=O)cc1)[C@@H]1Cc2ccccc2CN1C(=O)Nc1ccc(Cl)cc1. The van der Waals surface area contributed by atoms with Crippen LogP contribution in [0.2, 0.25) is 5.02 Å². The summed E-state index contributed by atoms with van der Waals surface area (Å²) in [5.41, 5.74) is 3.75. The Balaban J connectivity index is 1.36. The third-order valence-electron chi connectivity index (χ3n) is 6.14. The molecule has 0 bridgehead atoms. The highest BCUT2D eigenvalue weighted by atomic mass is 35.5. The molecule has 3 amide bonds. The average Bonchev–Trinajstić information content (AvgIpc) is 2.90. The molecule has 5 rings (SSSR count). The Bertz CT molecular complexity index is 1470. The number of halogens is 1. The predicted molar refractivity (Wildman–Crippen MR) is 141 cm³/mol. The largest absolute Gasteiger partial charge is 0.324 e. The van der Waals surface area contributed by atoms with Crippen LogP contribution in [0.3, 0.4) is 0 Å². The number of rotatable bonds is 4. The topological polar surface area (TPSA) is 83.4 Å². The first kappa shape index (κ1) is 23.4. The fourth-order valence-electron chi connectivity index (χ4n) is 4.27. The van der Waals surface area contributed by atoms with Crippen LogP contribution in [-0.2, 0) is 17.8 Å². The molecular weight excluding hydrogens is 476 g/mol. The lowest BCUT2D eigenvalue weighted by Crippen LogP contribution is -2.52. The Kier molecular flexibility index (Phi) is 6.56. The number of pyridine rings is 1. The van der Waals surface area contributed by atoms with Crippen molar-refractivity contribution in [2.45, 2.75) is 19.0 Å². The fourth-order valence-corrected chi connectivity index (χ4v) is 4.40. The zero-order chi connectivity index (χ0) is 25.1. The zero-order valence-electron chi connectivity index (χ0n) is 19.2. The Labute approximate surface area is 212 Å². The van der Waals surface area contributed by atoms with Gasteiger partial charge in [0.2, 0.25) is 5.91 Å². The van der Waals surface area contributed by atoms with Gasteiger partial charge in [-0.05, 0) is 65.7 Å². The lowest BCUT2D eigenvalue weighted by Gasteiger charge is -2.36. The van der Waals surface area contributed by atoms with Gasteiger partial charge in [-0.2, -0.15) is 0 Å². The van der Waals surface area contributed by atoms with Crippen LogP contribution in [0.4, 0.5) is 16.2 Å². The lowest BCUT2D eigenvalue weighted by atomic mass is 9.93. The van der Waals surface area contributed by atoms with Crippen molar-refractivity contribution in [3.63, 3.8) is 0 Å². The smallest absolute Gasteiger partial charge is 0.322 e.